The van der Waals surface area contributed by atoms with Crippen LogP contribution in [-0.2, 0) is 0 Å². The Morgan fingerprint density at radius 3 is 2.41 bits per heavy atom. The summed E-state index contributed by atoms with van der Waals surface area (Å²) >= 11 is 0. The standard InChI is InChI=1S/C15H17FN6/c16-12-9-17-10-18-15(12)22-7-5-21(6-8-22)14-4-3-13(19-20-14)11-1-2-11/h3-4,9-11H,1-2,5-8H2. The maximum Gasteiger partial charge on any atom is 0.183 e. The lowest BCUT2D eigenvalue weighted by Crippen LogP contribution is -2.47. The van der Waals surface area contributed by atoms with Crippen molar-refractivity contribution in [2.45, 2.75) is 18.8 Å². The molecular formula is C15H17FN6. The molecule has 3 heterocycles. The van der Waals surface area contributed by atoms with E-state index in [1.807, 2.05) is 11.0 Å². The number of aromatic nitrogens is 4. The quantitative estimate of drug-likeness (QED) is 0.858. The first kappa shape index (κ1) is 13.4. The highest BCUT2D eigenvalue weighted by atomic mass is 19.1. The highest BCUT2D eigenvalue weighted by Gasteiger charge is 2.26. The average Bonchev–Trinajstić information content (AvgIpc) is 3.41. The summed E-state index contributed by atoms with van der Waals surface area (Å²) in [4.78, 5) is 11.8. The summed E-state index contributed by atoms with van der Waals surface area (Å²) in [5.41, 5.74) is 1.10. The number of piperazine rings is 1. The molecule has 22 heavy (non-hydrogen) atoms. The fraction of sp³-hybridized carbons (Fsp3) is 0.467. The van der Waals surface area contributed by atoms with Gasteiger partial charge in [0.2, 0.25) is 0 Å². The smallest absolute Gasteiger partial charge is 0.183 e. The molecular weight excluding hydrogens is 283 g/mol. The van der Waals surface area contributed by atoms with Crippen LogP contribution in [0.15, 0.2) is 24.7 Å². The number of anilines is 2. The topological polar surface area (TPSA) is 58.0 Å². The van der Waals surface area contributed by atoms with Crippen molar-refractivity contribution in [3.05, 3.63) is 36.2 Å². The van der Waals surface area contributed by atoms with Crippen molar-refractivity contribution >= 4 is 11.6 Å². The SMILES string of the molecule is Fc1cncnc1N1CCN(c2ccc(C3CC3)nn2)CC1. The number of rotatable bonds is 3. The van der Waals surface area contributed by atoms with Crippen LogP contribution in [0.4, 0.5) is 16.0 Å². The number of halogens is 1. The molecule has 0 amide bonds. The van der Waals surface area contributed by atoms with Crippen LogP contribution in [-0.4, -0.2) is 46.3 Å². The van der Waals surface area contributed by atoms with Gasteiger partial charge in [-0.25, -0.2) is 14.4 Å². The van der Waals surface area contributed by atoms with Gasteiger partial charge in [0.25, 0.3) is 0 Å². The molecule has 0 N–H and O–H groups in total. The lowest BCUT2D eigenvalue weighted by molar-refractivity contribution is 0.580. The maximum atomic E-state index is 13.7. The first-order valence-electron chi connectivity index (χ1n) is 7.60. The second-order valence-electron chi connectivity index (χ2n) is 5.76. The summed E-state index contributed by atoms with van der Waals surface area (Å²) in [6.07, 6.45) is 5.05. The van der Waals surface area contributed by atoms with Gasteiger partial charge in [0.1, 0.15) is 6.33 Å². The summed E-state index contributed by atoms with van der Waals surface area (Å²) in [7, 11) is 0. The Hall–Kier alpha value is -2.31. The van der Waals surface area contributed by atoms with E-state index >= 15 is 0 Å². The van der Waals surface area contributed by atoms with E-state index in [0.717, 1.165) is 24.6 Å². The van der Waals surface area contributed by atoms with Crippen LogP contribution in [0.25, 0.3) is 0 Å². The van der Waals surface area contributed by atoms with E-state index in [1.54, 1.807) is 0 Å². The van der Waals surface area contributed by atoms with Crippen LogP contribution < -0.4 is 9.80 Å². The van der Waals surface area contributed by atoms with Crippen molar-refractivity contribution in [1.29, 1.82) is 0 Å². The van der Waals surface area contributed by atoms with Gasteiger partial charge in [0.15, 0.2) is 17.5 Å². The van der Waals surface area contributed by atoms with Gasteiger partial charge in [-0.2, -0.15) is 5.10 Å². The Morgan fingerprint density at radius 1 is 1.00 bits per heavy atom. The molecule has 0 bridgehead atoms. The van der Waals surface area contributed by atoms with Crippen molar-refractivity contribution in [3.8, 4) is 0 Å². The third-order valence-electron chi connectivity index (χ3n) is 4.22. The van der Waals surface area contributed by atoms with Crippen molar-refractivity contribution in [2.24, 2.45) is 0 Å². The van der Waals surface area contributed by atoms with E-state index in [2.05, 4.69) is 31.1 Å². The van der Waals surface area contributed by atoms with Crippen LogP contribution in [0.1, 0.15) is 24.5 Å². The molecule has 0 unspecified atom stereocenters. The zero-order valence-corrected chi connectivity index (χ0v) is 12.2. The van der Waals surface area contributed by atoms with Crippen LogP contribution >= 0.6 is 0 Å². The highest BCUT2D eigenvalue weighted by molar-refractivity contribution is 5.44. The summed E-state index contributed by atoms with van der Waals surface area (Å²) in [6.45, 7) is 2.97. The molecule has 0 aromatic carbocycles. The maximum absolute atomic E-state index is 13.7. The van der Waals surface area contributed by atoms with Gasteiger partial charge in [0, 0.05) is 32.1 Å². The molecule has 4 rings (SSSR count). The second-order valence-corrected chi connectivity index (χ2v) is 5.76. The van der Waals surface area contributed by atoms with E-state index in [0.29, 0.717) is 24.8 Å². The van der Waals surface area contributed by atoms with Crippen molar-refractivity contribution in [1.82, 2.24) is 20.2 Å². The Bertz CT molecular complexity index is 649. The molecule has 0 spiro atoms. The zero-order chi connectivity index (χ0) is 14.9. The fourth-order valence-corrected chi connectivity index (χ4v) is 2.79. The Balaban J connectivity index is 1.42. The summed E-state index contributed by atoms with van der Waals surface area (Å²) in [5.74, 6) is 1.53. The van der Waals surface area contributed by atoms with Crippen molar-refractivity contribution in [3.63, 3.8) is 0 Å². The molecule has 0 radical (unpaired) electrons. The Labute approximate surface area is 128 Å². The van der Waals surface area contributed by atoms with Gasteiger partial charge in [0.05, 0.1) is 11.9 Å². The summed E-state index contributed by atoms with van der Waals surface area (Å²) in [5, 5.41) is 8.66. The van der Waals surface area contributed by atoms with Gasteiger partial charge >= 0.3 is 0 Å². The van der Waals surface area contributed by atoms with E-state index < -0.39 is 0 Å². The highest BCUT2D eigenvalue weighted by Crippen LogP contribution is 2.38. The van der Waals surface area contributed by atoms with Crippen molar-refractivity contribution in [2.75, 3.05) is 36.0 Å². The summed E-state index contributed by atoms with van der Waals surface area (Å²) < 4.78 is 13.7. The first-order chi connectivity index (χ1) is 10.8. The fourth-order valence-electron chi connectivity index (χ4n) is 2.79. The minimum atomic E-state index is -0.371. The monoisotopic (exact) mass is 300 g/mol. The molecule has 1 saturated heterocycles. The molecule has 2 aromatic rings. The van der Waals surface area contributed by atoms with Gasteiger partial charge in [-0.3, -0.25) is 0 Å². The minimum Gasteiger partial charge on any atom is -0.352 e. The van der Waals surface area contributed by atoms with E-state index in [4.69, 9.17) is 0 Å². The molecule has 1 aliphatic heterocycles. The third kappa shape index (κ3) is 2.58. The predicted molar refractivity (Wildman–Crippen MR) is 80.4 cm³/mol. The third-order valence-corrected chi connectivity index (χ3v) is 4.22. The predicted octanol–water partition coefficient (Wildman–Crippen LogP) is 1.61. The van der Waals surface area contributed by atoms with Gasteiger partial charge in [-0.05, 0) is 25.0 Å². The largest absolute Gasteiger partial charge is 0.352 e. The Morgan fingerprint density at radius 2 is 1.77 bits per heavy atom. The molecule has 7 heteroatoms. The van der Waals surface area contributed by atoms with Gasteiger partial charge in [-0.1, -0.05) is 0 Å². The van der Waals surface area contributed by atoms with Crippen LogP contribution in [0.3, 0.4) is 0 Å². The van der Waals surface area contributed by atoms with E-state index in [1.165, 1.54) is 25.4 Å². The average molecular weight is 300 g/mol. The number of hydrogen-bond donors (Lipinski definition) is 0. The minimum absolute atomic E-state index is 0.371. The van der Waals surface area contributed by atoms with Crippen LogP contribution in [0.5, 0.6) is 0 Å². The zero-order valence-electron chi connectivity index (χ0n) is 12.2. The van der Waals surface area contributed by atoms with E-state index in [9.17, 15) is 4.39 Å². The Kier molecular flexibility index (Phi) is 3.32. The molecule has 2 fully saturated rings. The van der Waals surface area contributed by atoms with Crippen molar-refractivity contribution < 1.29 is 4.39 Å². The summed E-state index contributed by atoms with van der Waals surface area (Å²) in [6, 6.07) is 4.12. The van der Waals surface area contributed by atoms with Gasteiger partial charge in [-0.15, -0.1) is 5.10 Å². The molecule has 114 valence electrons. The lowest BCUT2D eigenvalue weighted by Gasteiger charge is -2.35. The second kappa shape index (κ2) is 5.47. The number of hydrogen-bond acceptors (Lipinski definition) is 6. The van der Waals surface area contributed by atoms with Crippen LogP contribution in [0, 0.1) is 5.82 Å². The molecule has 1 aliphatic carbocycles. The van der Waals surface area contributed by atoms with Gasteiger partial charge < -0.3 is 9.80 Å². The first-order valence-corrected chi connectivity index (χ1v) is 7.60. The lowest BCUT2D eigenvalue weighted by atomic mass is 10.2. The van der Waals surface area contributed by atoms with Crippen LogP contribution in [0.2, 0.25) is 0 Å². The van der Waals surface area contributed by atoms with E-state index in [-0.39, 0.29) is 5.82 Å². The molecule has 0 atom stereocenters. The molecule has 6 nitrogen and oxygen atoms in total. The normalized spacial score (nSPS) is 18.6. The number of nitrogens with zero attached hydrogens (tertiary/aromatic N) is 6. The molecule has 1 saturated carbocycles. The molecule has 2 aliphatic rings. The molecule has 2 aromatic heterocycles.